The van der Waals surface area contributed by atoms with Crippen molar-refractivity contribution in [2.24, 2.45) is 0 Å². The molecular weight excluding hydrogens is 384 g/mol. The van der Waals surface area contributed by atoms with E-state index in [1.807, 2.05) is 67.8 Å². The van der Waals surface area contributed by atoms with Gasteiger partial charge in [0, 0.05) is 10.9 Å². The monoisotopic (exact) mass is 410 g/mol. The molecule has 0 bridgehead atoms. The second-order valence-corrected chi connectivity index (χ2v) is 8.12. The summed E-state index contributed by atoms with van der Waals surface area (Å²) in [5, 5.41) is 5.28. The van der Waals surface area contributed by atoms with Crippen LogP contribution in [0.2, 0.25) is 0 Å². The van der Waals surface area contributed by atoms with Gasteiger partial charge in [0.25, 0.3) is 5.91 Å². The summed E-state index contributed by atoms with van der Waals surface area (Å²) in [6.07, 6.45) is 0.136. The molecule has 1 heterocycles. The Morgan fingerprint density at radius 2 is 1.79 bits per heavy atom. The Morgan fingerprint density at radius 1 is 1.07 bits per heavy atom. The van der Waals surface area contributed by atoms with Crippen LogP contribution in [0.5, 0.6) is 11.5 Å². The highest BCUT2D eigenvalue weighted by atomic mass is 32.1. The zero-order chi connectivity index (χ0) is 20.8. The van der Waals surface area contributed by atoms with Crippen molar-refractivity contribution in [1.82, 2.24) is 4.98 Å². The summed E-state index contributed by atoms with van der Waals surface area (Å²) in [5.41, 5.74) is 2.87. The maximum Gasteiger partial charge on any atom is 0.264 e. The van der Waals surface area contributed by atoms with Gasteiger partial charge in [-0.2, -0.15) is 0 Å². The number of hydrogen-bond donors (Lipinski definition) is 1. The highest BCUT2D eigenvalue weighted by Crippen LogP contribution is 2.28. The molecule has 3 rings (SSSR count). The first kappa shape index (κ1) is 20.9. The first-order valence-electron chi connectivity index (χ1n) is 9.66. The van der Waals surface area contributed by atoms with Crippen molar-refractivity contribution in [3.63, 3.8) is 0 Å². The number of carbonyl (C=O) groups excluding carboxylic acids is 1. The third-order valence-corrected chi connectivity index (χ3v) is 4.93. The van der Waals surface area contributed by atoms with Gasteiger partial charge >= 0.3 is 0 Å². The summed E-state index contributed by atoms with van der Waals surface area (Å²) < 4.78 is 11.4. The van der Waals surface area contributed by atoms with Crippen molar-refractivity contribution >= 4 is 22.4 Å². The number of nitrogens with one attached hydrogen (secondary N) is 1. The Hall–Kier alpha value is -2.86. The van der Waals surface area contributed by atoms with E-state index in [-0.39, 0.29) is 18.6 Å². The van der Waals surface area contributed by atoms with E-state index in [4.69, 9.17) is 9.47 Å². The molecule has 0 aliphatic carbocycles. The van der Waals surface area contributed by atoms with E-state index in [2.05, 4.69) is 24.1 Å². The van der Waals surface area contributed by atoms with Crippen LogP contribution in [0.25, 0.3) is 11.3 Å². The lowest BCUT2D eigenvalue weighted by molar-refractivity contribution is -0.118. The van der Waals surface area contributed by atoms with Crippen molar-refractivity contribution in [3.05, 3.63) is 59.5 Å². The van der Waals surface area contributed by atoms with Gasteiger partial charge in [0.15, 0.2) is 11.7 Å². The third-order valence-electron chi connectivity index (χ3n) is 4.17. The fourth-order valence-electron chi connectivity index (χ4n) is 2.83. The van der Waals surface area contributed by atoms with Crippen LogP contribution in [0, 0.1) is 0 Å². The molecule has 2 aromatic carbocycles. The minimum atomic E-state index is -0.231. The molecule has 0 spiro atoms. The van der Waals surface area contributed by atoms with Gasteiger partial charge in [-0.05, 0) is 55.7 Å². The van der Waals surface area contributed by atoms with Gasteiger partial charge in [-0.3, -0.25) is 10.1 Å². The quantitative estimate of drug-likeness (QED) is 0.514. The molecule has 0 saturated heterocycles. The number of rotatable bonds is 8. The molecule has 5 nitrogen and oxygen atoms in total. The molecule has 1 amide bonds. The maximum absolute atomic E-state index is 12.3. The topological polar surface area (TPSA) is 60.5 Å². The normalized spacial score (nSPS) is 11.0. The van der Waals surface area contributed by atoms with Crippen molar-refractivity contribution < 1.29 is 14.3 Å². The van der Waals surface area contributed by atoms with Gasteiger partial charge in [-0.1, -0.05) is 32.0 Å². The van der Waals surface area contributed by atoms with Crippen LogP contribution in [0.1, 0.15) is 39.2 Å². The van der Waals surface area contributed by atoms with E-state index in [0.29, 0.717) is 11.0 Å². The van der Waals surface area contributed by atoms with Crippen LogP contribution in [0.3, 0.4) is 0 Å². The number of thiazole rings is 1. The van der Waals surface area contributed by atoms with E-state index in [1.165, 1.54) is 11.3 Å². The van der Waals surface area contributed by atoms with Gasteiger partial charge < -0.3 is 9.47 Å². The van der Waals surface area contributed by atoms with Gasteiger partial charge in [0.05, 0.1) is 11.8 Å². The van der Waals surface area contributed by atoms with Crippen LogP contribution in [0.4, 0.5) is 5.13 Å². The molecule has 0 fully saturated rings. The minimum Gasteiger partial charge on any atom is -0.491 e. The average molecular weight is 411 g/mol. The van der Waals surface area contributed by atoms with E-state index < -0.39 is 0 Å². The molecule has 6 heteroatoms. The molecule has 1 N–H and O–H groups in total. The number of carbonyl (C=O) groups is 1. The summed E-state index contributed by atoms with van der Waals surface area (Å²) >= 11 is 1.39. The number of hydrogen-bond acceptors (Lipinski definition) is 5. The molecular formula is C23H26N2O3S. The SMILES string of the molecule is CC(C)Oc1ccc(-c2csc(NC(=O)COc3ccccc3C(C)C)n2)cc1. The highest BCUT2D eigenvalue weighted by molar-refractivity contribution is 7.14. The van der Waals surface area contributed by atoms with Crippen LogP contribution >= 0.6 is 11.3 Å². The van der Waals surface area contributed by atoms with Crippen LogP contribution in [0.15, 0.2) is 53.9 Å². The largest absolute Gasteiger partial charge is 0.491 e. The van der Waals surface area contributed by atoms with Crippen molar-refractivity contribution in [2.45, 2.75) is 39.7 Å². The molecule has 0 aliphatic rings. The van der Waals surface area contributed by atoms with Gasteiger partial charge in [0.1, 0.15) is 11.5 Å². The summed E-state index contributed by atoms with van der Waals surface area (Å²) in [6, 6.07) is 15.6. The highest BCUT2D eigenvalue weighted by Gasteiger charge is 2.12. The molecule has 0 unspecified atom stereocenters. The summed E-state index contributed by atoms with van der Waals surface area (Å²) in [4.78, 5) is 16.8. The summed E-state index contributed by atoms with van der Waals surface area (Å²) in [5.74, 6) is 1.66. The smallest absolute Gasteiger partial charge is 0.264 e. The zero-order valence-corrected chi connectivity index (χ0v) is 18.0. The first-order valence-corrected chi connectivity index (χ1v) is 10.5. The lowest BCUT2D eigenvalue weighted by atomic mass is 10.0. The van der Waals surface area contributed by atoms with Crippen LogP contribution in [-0.2, 0) is 4.79 Å². The third kappa shape index (κ3) is 5.81. The van der Waals surface area contributed by atoms with Gasteiger partial charge in [0.2, 0.25) is 0 Å². The molecule has 0 radical (unpaired) electrons. The fraction of sp³-hybridized carbons (Fsp3) is 0.304. The number of anilines is 1. The zero-order valence-electron chi connectivity index (χ0n) is 17.1. The van der Waals surface area contributed by atoms with Crippen LogP contribution in [-0.4, -0.2) is 23.6 Å². The number of nitrogens with zero attached hydrogens (tertiary/aromatic N) is 1. The second kappa shape index (κ2) is 9.56. The number of benzene rings is 2. The Bertz CT molecular complexity index is 949. The van der Waals surface area contributed by atoms with E-state index >= 15 is 0 Å². The molecule has 29 heavy (non-hydrogen) atoms. The minimum absolute atomic E-state index is 0.0557. The maximum atomic E-state index is 12.3. The van der Waals surface area contributed by atoms with Gasteiger partial charge in [-0.15, -0.1) is 11.3 Å². The molecule has 0 aliphatic heterocycles. The fourth-order valence-corrected chi connectivity index (χ4v) is 3.56. The summed E-state index contributed by atoms with van der Waals surface area (Å²) in [7, 11) is 0. The number of amides is 1. The van der Waals surface area contributed by atoms with Gasteiger partial charge in [-0.25, -0.2) is 4.98 Å². The van der Waals surface area contributed by atoms with Crippen molar-refractivity contribution in [3.8, 4) is 22.8 Å². The Kier molecular flexibility index (Phi) is 6.88. The average Bonchev–Trinajstić information content (AvgIpc) is 3.15. The second-order valence-electron chi connectivity index (χ2n) is 7.26. The predicted molar refractivity (Wildman–Crippen MR) is 118 cm³/mol. The van der Waals surface area contributed by atoms with E-state index in [9.17, 15) is 4.79 Å². The van der Waals surface area contributed by atoms with Crippen LogP contribution < -0.4 is 14.8 Å². The Labute approximate surface area is 175 Å². The lowest BCUT2D eigenvalue weighted by Gasteiger charge is -2.13. The first-order chi connectivity index (χ1) is 13.9. The number of aromatic nitrogens is 1. The van der Waals surface area contributed by atoms with Crippen molar-refractivity contribution in [2.75, 3.05) is 11.9 Å². The molecule has 3 aromatic rings. The Morgan fingerprint density at radius 3 is 2.48 bits per heavy atom. The Balaban J connectivity index is 1.58. The molecule has 0 saturated carbocycles. The predicted octanol–water partition coefficient (Wildman–Crippen LogP) is 5.74. The molecule has 1 aromatic heterocycles. The number of ether oxygens (including phenoxy) is 2. The molecule has 0 atom stereocenters. The summed E-state index contributed by atoms with van der Waals surface area (Å²) in [6.45, 7) is 8.13. The molecule has 152 valence electrons. The number of para-hydroxylation sites is 1. The van der Waals surface area contributed by atoms with E-state index in [1.54, 1.807) is 0 Å². The standard InChI is InChI=1S/C23H26N2O3S/c1-15(2)19-7-5-6-8-21(19)27-13-22(26)25-23-24-20(14-29-23)17-9-11-18(12-10-17)28-16(3)4/h5-12,14-16H,13H2,1-4H3,(H,24,25,26). The van der Waals surface area contributed by atoms with Crippen molar-refractivity contribution in [1.29, 1.82) is 0 Å². The lowest BCUT2D eigenvalue weighted by Crippen LogP contribution is -2.20. The van der Waals surface area contributed by atoms with E-state index in [0.717, 1.165) is 28.3 Å².